The highest BCUT2D eigenvalue weighted by Gasteiger charge is 2.16. The number of fused-ring (bicyclic) bond motifs is 1. The van der Waals surface area contributed by atoms with Crippen molar-refractivity contribution in [3.63, 3.8) is 0 Å². The van der Waals surface area contributed by atoms with E-state index in [2.05, 4.69) is 33.6 Å². The lowest BCUT2D eigenvalue weighted by atomic mass is 10.1. The molecule has 0 saturated carbocycles. The molecule has 0 atom stereocenters. The van der Waals surface area contributed by atoms with E-state index < -0.39 is 0 Å². The summed E-state index contributed by atoms with van der Waals surface area (Å²) in [6, 6.07) is 10.2. The summed E-state index contributed by atoms with van der Waals surface area (Å²) in [6.45, 7) is 8.24. The van der Waals surface area contributed by atoms with E-state index in [0.717, 1.165) is 23.4 Å². The van der Waals surface area contributed by atoms with E-state index in [1.54, 1.807) is 7.11 Å². The molecule has 1 heterocycles. The first-order chi connectivity index (χ1) is 11.1. The second-order valence-electron chi connectivity index (χ2n) is 6.00. The largest absolute Gasteiger partial charge is 0.377 e. The molecule has 0 unspecified atom stereocenters. The number of guanidine groups is 1. The predicted octanol–water partition coefficient (Wildman–Crippen LogP) is 3.33. The zero-order valence-corrected chi connectivity index (χ0v) is 17.1. The van der Waals surface area contributed by atoms with Gasteiger partial charge in [0.2, 0.25) is 0 Å². The Morgan fingerprint density at radius 1 is 1.21 bits per heavy atom. The van der Waals surface area contributed by atoms with Crippen molar-refractivity contribution < 1.29 is 4.74 Å². The maximum Gasteiger partial charge on any atom is 0.191 e. The van der Waals surface area contributed by atoms with Gasteiger partial charge in [0.05, 0.1) is 17.7 Å². The third-order valence-corrected chi connectivity index (χ3v) is 3.73. The number of hydrogen-bond donors (Lipinski definition) is 2. The smallest absolute Gasteiger partial charge is 0.191 e. The standard InChI is InChI=1S/C18H26N4O.HI/c1-5-19-17(22-13-18(2,3)23-4)21-12-14-10-11-20-16-9-7-6-8-15(14)16;/h6-11H,5,12-13H2,1-4H3,(H2,19,21,22);1H. The Morgan fingerprint density at radius 2 is 1.96 bits per heavy atom. The quantitative estimate of drug-likeness (QED) is 0.410. The predicted molar refractivity (Wildman–Crippen MR) is 111 cm³/mol. The normalized spacial score (nSPS) is 11.9. The number of methoxy groups -OCH3 is 1. The Hall–Kier alpha value is -1.41. The molecule has 1 aromatic carbocycles. The van der Waals surface area contributed by atoms with Crippen LogP contribution in [-0.2, 0) is 11.3 Å². The van der Waals surface area contributed by atoms with Crippen molar-refractivity contribution in [3.8, 4) is 0 Å². The van der Waals surface area contributed by atoms with E-state index in [-0.39, 0.29) is 29.6 Å². The Morgan fingerprint density at radius 3 is 2.67 bits per heavy atom. The molecule has 2 N–H and O–H groups in total. The molecule has 0 aliphatic rings. The van der Waals surface area contributed by atoms with Crippen LogP contribution < -0.4 is 10.6 Å². The van der Waals surface area contributed by atoms with Crippen LogP contribution in [0.1, 0.15) is 26.3 Å². The van der Waals surface area contributed by atoms with Crippen LogP contribution in [0.4, 0.5) is 0 Å². The Balaban J connectivity index is 0.00000288. The SMILES string of the molecule is CCNC(=NCc1ccnc2ccccc12)NCC(C)(C)OC.I. The zero-order chi connectivity index (χ0) is 16.7. The van der Waals surface area contributed by atoms with Crippen LogP contribution in [0.15, 0.2) is 41.5 Å². The molecule has 0 aliphatic heterocycles. The summed E-state index contributed by atoms with van der Waals surface area (Å²) in [7, 11) is 1.72. The van der Waals surface area contributed by atoms with Gasteiger partial charge in [-0.15, -0.1) is 24.0 Å². The van der Waals surface area contributed by atoms with Crippen LogP contribution in [0, 0.1) is 0 Å². The average molecular weight is 442 g/mol. The molecule has 0 amide bonds. The highest BCUT2D eigenvalue weighted by molar-refractivity contribution is 14.0. The number of nitrogens with one attached hydrogen (secondary N) is 2. The lowest BCUT2D eigenvalue weighted by molar-refractivity contribution is 0.0268. The van der Waals surface area contributed by atoms with Crippen LogP contribution in [0.5, 0.6) is 0 Å². The number of ether oxygens (including phenoxy) is 1. The van der Waals surface area contributed by atoms with Crippen LogP contribution in [0.2, 0.25) is 0 Å². The fourth-order valence-electron chi connectivity index (χ4n) is 2.17. The van der Waals surface area contributed by atoms with Gasteiger partial charge < -0.3 is 15.4 Å². The third kappa shape index (κ3) is 5.90. The lowest BCUT2D eigenvalue weighted by Gasteiger charge is -2.24. The molecule has 24 heavy (non-hydrogen) atoms. The number of aromatic nitrogens is 1. The van der Waals surface area contributed by atoms with Gasteiger partial charge in [-0.25, -0.2) is 4.99 Å². The Bertz CT molecular complexity index is 668. The summed E-state index contributed by atoms with van der Waals surface area (Å²) in [5, 5.41) is 7.74. The van der Waals surface area contributed by atoms with Gasteiger partial charge in [0.1, 0.15) is 0 Å². The fraction of sp³-hybridized carbons (Fsp3) is 0.444. The van der Waals surface area contributed by atoms with Crippen LogP contribution in [0.3, 0.4) is 0 Å². The second kappa shape index (κ2) is 9.78. The lowest BCUT2D eigenvalue weighted by Crippen LogP contribution is -2.45. The summed E-state index contributed by atoms with van der Waals surface area (Å²) in [4.78, 5) is 9.07. The molecule has 6 heteroatoms. The van der Waals surface area contributed by atoms with Crippen LogP contribution in [0.25, 0.3) is 10.9 Å². The number of halogens is 1. The van der Waals surface area contributed by atoms with E-state index in [0.29, 0.717) is 13.1 Å². The Kier molecular flexibility index (Phi) is 8.41. The number of aliphatic imine (C=N–C) groups is 1. The maximum atomic E-state index is 5.43. The highest BCUT2D eigenvalue weighted by Crippen LogP contribution is 2.16. The molecule has 5 nitrogen and oxygen atoms in total. The van der Waals surface area contributed by atoms with Crippen LogP contribution >= 0.6 is 24.0 Å². The number of para-hydroxylation sites is 1. The number of rotatable bonds is 6. The van der Waals surface area contributed by atoms with Crippen molar-refractivity contribution in [2.45, 2.75) is 32.9 Å². The van der Waals surface area contributed by atoms with Crippen molar-refractivity contribution in [2.75, 3.05) is 20.2 Å². The van der Waals surface area contributed by atoms with Gasteiger partial charge in [0.15, 0.2) is 5.96 Å². The van der Waals surface area contributed by atoms with Gasteiger partial charge in [-0.3, -0.25) is 4.98 Å². The molecule has 0 saturated heterocycles. The fourth-order valence-corrected chi connectivity index (χ4v) is 2.17. The minimum absolute atomic E-state index is 0. The summed E-state index contributed by atoms with van der Waals surface area (Å²) in [6.07, 6.45) is 1.83. The molecule has 2 rings (SSSR count). The topological polar surface area (TPSA) is 58.5 Å². The molecular weight excluding hydrogens is 415 g/mol. The first-order valence-corrected chi connectivity index (χ1v) is 7.95. The van der Waals surface area contributed by atoms with Crippen molar-refractivity contribution >= 4 is 40.8 Å². The number of pyridine rings is 1. The highest BCUT2D eigenvalue weighted by atomic mass is 127. The van der Waals surface area contributed by atoms with E-state index in [4.69, 9.17) is 4.74 Å². The molecule has 0 fully saturated rings. The van der Waals surface area contributed by atoms with Crippen LogP contribution in [-0.4, -0.2) is 36.7 Å². The first kappa shape index (κ1) is 20.6. The molecule has 0 spiro atoms. The minimum atomic E-state index is -0.237. The summed E-state index contributed by atoms with van der Waals surface area (Å²) < 4.78 is 5.43. The minimum Gasteiger partial charge on any atom is -0.377 e. The summed E-state index contributed by atoms with van der Waals surface area (Å²) >= 11 is 0. The van der Waals surface area contributed by atoms with Gasteiger partial charge in [-0.05, 0) is 38.5 Å². The third-order valence-electron chi connectivity index (χ3n) is 3.73. The van der Waals surface area contributed by atoms with Gasteiger partial charge in [0, 0.05) is 31.8 Å². The summed E-state index contributed by atoms with van der Waals surface area (Å²) in [5.74, 6) is 0.790. The molecule has 2 aromatic rings. The second-order valence-corrected chi connectivity index (χ2v) is 6.00. The van der Waals surface area contributed by atoms with Crippen molar-refractivity contribution in [1.29, 1.82) is 0 Å². The van der Waals surface area contributed by atoms with E-state index >= 15 is 0 Å². The number of hydrogen-bond acceptors (Lipinski definition) is 3. The average Bonchev–Trinajstić information content (AvgIpc) is 2.57. The zero-order valence-electron chi connectivity index (χ0n) is 14.8. The monoisotopic (exact) mass is 442 g/mol. The van der Waals surface area contributed by atoms with Gasteiger partial charge in [0.25, 0.3) is 0 Å². The Labute approximate surface area is 161 Å². The van der Waals surface area contributed by atoms with Crippen molar-refractivity contribution in [1.82, 2.24) is 15.6 Å². The number of benzene rings is 1. The van der Waals surface area contributed by atoms with E-state index in [1.165, 1.54) is 5.56 Å². The number of nitrogens with zero attached hydrogens (tertiary/aromatic N) is 2. The molecule has 1 aromatic heterocycles. The first-order valence-electron chi connectivity index (χ1n) is 7.95. The van der Waals surface area contributed by atoms with E-state index in [1.807, 2.05) is 44.3 Å². The van der Waals surface area contributed by atoms with Gasteiger partial charge in [-0.2, -0.15) is 0 Å². The molecule has 132 valence electrons. The van der Waals surface area contributed by atoms with E-state index in [9.17, 15) is 0 Å². The molecule has 0 bridgehead atoms. The van der Waals surface area contributed by atoms with Gasteiger partial charge >= 0.3 is 0 Å². The van der Waals surface area contributed by atoms with Gasteiger partial charge in [-0.1, -0.05) is 18.2 Å². The van der Waals surface area contributed by atoms with Crippen molar-refractivity contribution in [3.05, 3.63) is 42.1 Å². The molecule has 0 radical (unpaired) electrons. The molecular formula is C18H27IN4O. The van der Waals surface area contributed by atoms with Crippen molar-refractivity contribution in [2.24, 2.45) is 4.99 Å². The maximum absolute atomic E-state index is 5.43. The molecule has 0 aliphatic carbocycles. The summed E-state index contributed by atoms with van der Waals surface area (Å²) in [5.41, 5.74) is 1.93.